The predicted octanol–water partition coefficient (Wildman–Crippen LogP) is 4.09. The molecule has 1 saturated carbocycles. The SMILES string of the molecule is [C-]#[N+]C[C@H]1CN(c2nc(OCCCOC3CC3)nc3c2CCN(c2cncc4cccc(F)c24)C3)CCN1C(=O)C(=C)F. The first-order valence-corrected chi connectivity index (χ1v) is 14.6. The number of carbonyl (C=O) groups is 1. The first kappa shape index (κ1) is 28.7. The van der Waals surface area contributed by atoms with Gasteiger partial charge in [0.15, 0.2) is 5.83 Å². The minimum atomic E-state index is -1.04. The number of rotatable bonds is 10. The summed E-state index contributed by atoms with van der Waals surface area (Å²) in [5, 5.41) is 1.23. The summed E-state index contributed by atoms with van der Waals surface area (Å²) in [5.74, 6) is -1.46. The van der Waals surface area contributed by atoms with E-state index < -0.39 is 17.8 Å². The summed E-state index contributed by atoms with van der Waals surface area (Å²) in [5.41, 5.74) is 2.38. The summed E-state index contributed by atoms with van der Waals surface area (Å²) in [6.45, 7) is 13.5. The van der Waals surface area contributed by atoms with Gasteiger partial charge in [-0.3, -0.25) is 9.78 Å². The fourth-order valence-electron chi connectivity index (χ4n) is 5.77. The molecular weight excluding hydrogens is 556 g/mol. The summed E-state index contributed by atoms with van der Waals surface area (Å²) >= 11 is 0. The lowest BCUT2D eigenvalue weighted by molar-refractivity contribution is -0.131. The van der Waals surface area contributed by atoms with Gasteiger partial charge >= 0.3 is 6.01 Å². The van der Waals surface area contributed by atoms with E-state index in [1.165, 1.54) is 11.0 Å². The first-order chi connectivity index (χ1) is 20.9. The topological polar surface area (TPSA) is 88.3 Å². The lowest BCUT2D eigenvalue weighted by Crippen LogP contribution is -2.57. The zero-order valence-corrected chi connectivity index (χ0v) is 23.8. The third kappa shape index (κ3) is 6.22. The van der Waals surface area contributed by atoms with Gasteiger partial charge in [-0.25, -0.2) is 15.4 Å². The van der Waals surface area contributed by atoms with Crippen LogP contribution in [0.15, 0.2) is 43.0 Å². The second-order valence-electron chi connectivity index (χ2n) is 11.0. The smallest absolute Gasteiger partial charge is 0.318 e. The average Bonchev–Trinajstić information content (AvgIpc) is 3.84. The minimum Gasteiger partial charge on any atom is -0.463 e. The first-order valence-electron chi connectivity index (χ1n) is 14.6. The van der Waals surface area contributed by atoms with E-state index in [0.29, 0.717) is 75.2 Å². The number of pyridine rings is 1. The van der Waals surface area contributed by atoms with Crippen LogP contribution in [0.1, 0.15) is 30.5 Å². The van der Waals surface area contributed by atoms with Gasteiger partial charge in [-0.1, -0.05) is 18.7 Å². The van der Waals surface area contributed by atoms with Crippen LogP contribution in [0, 0.1) is 12.4 Å². The molecule has 3 aromatic rings. The molecule has 43 heavy (non-hydrogen) atoms. The van der Waals surface area contributed by atoms with E-state index in [4.69, 9.17) is 26.0 Å². The van der Waals surface area contributed by atoms with Crippen molar-refractivity contribution in [2.24, 2.45) is 0 Å². The third-order valence-corrected chi connectivity index (χ3v) is 8.05. The number of halogens is 2. The van der Waals surface area contributed by atoms with Gasteiger partial charge in [0.25, 0.3) is 5.91 Å². The maximum atomic E-state index is 15.0. The van der Waals surface area contributed by atoms with Gasteiger partial charge in [-0.15, -0.1) is 0 Å². The highest BCUT2D eigenvalue weighted by molar-refractivity contribution is 5.94. The molecule has 12 heteroatoms. The van der Waals surface area contributed by atoms with Crippen LogP contribution in [0.4, 0.5) is 20.3 Å². The number of ether oxygens (including phenoxy) is 2. The predicted molar refractivity (Wildman–Crippen MR) is 157 cm³/mol. The number of anilines is 2. The molecule has 1 aliphatic carbocycles. The van der Waals surface area contributed by atoms with Crippen LogP contribution in [0.5, 0.6) is 6.01 Å². The van der Waals surface area contributed by atoms with Crippen LogP contribution in [0.3, 0.4) is 0 Å². The summed E-state index contributed by atoms with van der Waals surface area (Å²) in [6.07, 6.45) is 7.20. The van der Waals surface area contributed by atoms with Gasteiger partial charge in [-0.2, -0.15) is 9.97 Å². The van der Waals surface area contributed by atoms with Crippen molar-refractivity contribution in [1.29, 1.82) is 0 Å². The second-order valence-corrected chi connectivity index (χ2v) is 11.0. The number of aromatic nitrogens is 3. The van der Waals surface area contributed by atoms with E-state index >= 15 is 0 Å². The quantitative estimate of drug-likeness (QED) is 0.199. The Morgan fingerprint density at radius 2 is 2.00 bits per heavy atom. The third-order valence-electron chi connectivity index (χ3n) is 8.05. The van der Waals surface area contributed by atoms with E-state index in [9.17, 15) is 13.6 Å². The van der Waals surface area contributed by atoms with E-state index in [1.807, 2.05) is 11.0 Å². The molecule has 2 aromatic heterocycles. The van der Waals surface area contributed by atoms with Crippen LogP contribution in [0.2, 0.25) is 0 Å². The largest absolute Gasteiger partial charge is 0.463 e. The highest BCUT2D eigenvalue weighted by Gasteiger charge is 2.36. The van der Waals surface area contributed by atoms with Gasteiger partial charge in [0.2, 0.25) is 6.54 Å². The molecule has 0 unspecified atom stereocenters. The maximum Gasteiger partial charge on any atom is 0.318 e. The van der Waals surface area contributed by atoms with E-state index in [1.54, 1.807) is 18.5 Å². The highest BCUT2D eigenvalue weighted by Crippen LogP contribution is 2.35. The Morgan fingerprint density at radius 1 is 1.14 bits per heavy atom. The van der Waals surface area contributed by atoms with Crippen molar-refractivity contribution in [3.05, 3.63) is 71.5 Å². The number of fused-ring (bicyclic) bond motifs is 2. The zero-order valence-electron chi connectivity index (χ0n) is 23.8. The van der Waals surface area contributed by atoms with Crippen molar-refractivity contribution in [1.82, 2.24) is 19.9 Å². The van der Waals surface area contributed by atoms with Crippen LogP contribution < -0.4 is 14.5 Å². The van der Waals surface area contributed by atoms with Crippen molar-refractivity contribution in [3.63, 3.8) is 0 Å². The lowest BCUT2D eigenvalue weighted by atomic mass is 10.0. The Balaban J connectivity index is 1.29. The van der Waals surface area contributed by atoms with E-state index in [2.05, 4.69) is 21.3 Å². The number of hydrogen-bond donors (Lipinski definition) is 0. The van der Waals surface area contributed by atoms with Crippen molar-refractivity contribution >= 4 is 28.2 Å². The van der Waals surface area contributed by atoms with Crippen molar-refractivity contribution < 1.29 is 23.0 Å². The summed E-state index contributed by atoms with van der Waals surface area (Å²) < 4.78 is 40.5. The van der Waals surface area contributed by atoms with Gasteiger partial charge in [0.05, 0.1) is 43.4 Å². The molecule has 224 valence electrons. The molecule has 1 amide bonds. The van der Waals surface area contributed by atoms with Crippen molar-refractivity contribution in [2.75, 3.05) is 55.7 Å². The summed E-state index contributed by atoms with van der Waals surface area (Å²) in [7, 11) is 0. The number of nitrogens with zero attached hydrogens (tertiary/aromatic N) is 7. The molecule has 6 rings (SSSR count). The zero-order chi connectivity index (χ0) is 29.9. The summed E-state index contributed by atoms with van der Waals surface area (Å²) in [6, 6.07) is 4.66. The molecule has 10 nitrogen and oxygen atoms in total. The highest BCUT2D eigenvalue weighted by atomic mass is 19.1. The average molecular weight is 590 g/mol. The normalized spacial score (nSPS) is 18.3. The molecule has 4 heterocycles. The Hall–Kier alpha value is -4.37. The number of amides is 1. The number of piperazine rings is 1. The van der Waals surface area contributed by atoms with Gasteiger partial charge in [0.1, 0.15) is 17.7 Å². The fraction of sp³-hybridized carbons (Fsp3) is 0.452. The van der Waals surface area contributed by atoms with Gasteiger partial charge in [-0.05, 0) is 25.3 Å². The van der Waals surface area contributed by atoms with Gasteiger partial charge < -0.3 is 29.0 Å². The molecule has 1 atom stereocenters. The van der Waals surface area contributed by atoms with Crippen molar-refractivity contribution in [2.45, 2.75) is 44.4 Å². The Bertz CT molecular complexity index is 1570. The van der Waals surface area contributed by atoms with E-state index in [0.717, 1.165) is 29.5 Å². The molecule has 1 aromatic carbocycles. The molecule has 1 saturated heterocycles. The molecule has 0 radical (unpaired) electrons. The molecule has 0 N–H and O–H groups in total. The van der Waals surface area contributed by atoms with E-state index in [-0.39, 0.29) is 24.9 Å². The lowest BCUT2D eigenvalue weighted by Gasteiger charge is -2.41. The Labute approximate surface area is 248 Å². The van der Waals surface area contributed by atoms with Gasteiger partial charge in [0, 0.05) is 55.1 Å². The van der Waals surface area contributed by atoms with Crippen LogP contribution >= 0.6 is 0 Å². The molecule has 0 bridgehead atoms. The van der Waals surface area contributed by atoms with Crippen LogP contribution in [0.25, 0.3) is 15.6 Å². The monoisotopic (exact) mass is 589 g/mol. The Morgan fingerprint density at radius 3 is 2.79 bits per heavy atom. The molecule has 0 spiro atoms. The summed E-state index contributed by atoms with van der Waals surface area (Å²) in [4.78, 5) is 35.4. The Kier molecular flexibility index (Phi) is 8.33. The molecule has 2 fully saturated rings. The number of carbonyl (C=O) groups excluding carboxylic acids is 1. The number of benzene rings is 1. The fourth-order valence-corrected chi connectivity index (χ4v) is 5.77. The van der Waals surface area contributed by atoms with Crippen LogP contribution in [-0.2, 0) is 22.5 Å². The standard InChI is InChI=1S/C31H33F2N7O3/c1-20(32)30(41)40-12-11-39(18-22(40)16-34-2)29-24-9-10-38(27-17-35-15-21-5-3-6-25(33)28(21)27)19-26(24)36-31(37-29)43-14-4-13-42-23-7-8-23/h3,5-6,15,17,22-23H,1,4,7-14,16,18-19H2/t22-/m0/s1. The maximum absolute atomic E-state index is 15.0. The number of hydrogen-bond acceptors (Lipinski definition) is 8. The molecule has 3 aliphatic rings. The minimum absolute atomic E-state index is 0.0283. The van der Waals surface area contributed by atoms with Crippen LogP contribution in [-0.4, -0.2) is 83.8 Å². The molecule has 2 aliphatic heterocycles. The molecular formula is C31H33F2N7O3. The van der Waals surface area contributed by atoms with Crippen molar-refractivity contribution in [3.8, 4) is 6.01 Å². The second kappa shape index (κ2) is 12.5.